The van der Waals surface area contributed by atoms with E-state index in [1.165, 1.54) is 32.1 Å². The molecule has 0 aliphatic carbocycles. The van der Waals surface area contributed by atoms with Crippen molar-refractivity contribution >= 4 is 11.7 Å². The van der Waals surface area contributed by atoms with Crippen LogP contribution in [0.2, 0.25) is 0 Å². The van der Waals surface area contributed by atoms with Crippen LogP contribution in [0.5, 0.6) is 0 Å². The molecule has 0 bridgehead atoms. The van der Waals surface area contributed by atoms with E-state index in [0.29, 0.717) is 12.2 Å². The molecule has 2 heterocycles. The van der Waals surface area contributed by atoms with Crippen LogP contribution < -0.4 is 10.6 Å². The number of likely N-dealkylation sites (tertiary alicyclic amines) is 1. The molecule has 2 aromatic rings. The number of benzene rings is 2. The Morgan fingerprint density at radius 2 is 1.72 bits per heavy atom. The fourth-order valence-electron chi connectivity index (χ4n) is 5.18. The fraction of sp³-hybridized carbons (Fsp3) is 0.552. The molecule has 36 heavy (non-hydrogen) atoms. The van der Waals surface area contributed by atoms with Gasteiger partial charge in [0.25, 0.3) is 0 Å². The highest BCUT2D eigenvalue weighted by Gasteiger charge is 2.39. The van der Waals surface area contributed by atoms with Crippen LogP contribution in [0.15, 0.2) is 48.5 Å². The number of ether oxygens (including phenoxy) is 2. The van der Waals surface area contributed by atoms with E-state index in [9.17, 15) is 9.90 Å². The van der Waals surface area contributed by atoms with Crippen LogP contribution in [-0.4, -0.2) is 48.3 Å². The zero-order chi connectivity index (χ0) is 25.3. The smallest absolute Gasteiger partial charge is 0.319 e. The van der Waals surface area contributed by atoms with Crippen molar-refractivity contribution in [2.24, 2.45) is 5.92 Å². The molecule has 0 spiro atoms. The number of hydrogen-bond donors (Lipinski definition) is 3. The Morgan fingerprint density at radius 3 is 2.42 bits per heavy atom. The van der Waals surface area contributed by atoms with Gasteiger partial charge in [0.1, 0.15) is 0 Å². The number of amides is 2. The highest BCUT2D eigenvalue weighted by molar-refractivity contribution is 5.89. The standard InChI is InChI=1S/C29H41N3O4/c1-3-30-29(34)31-25-11-9-10-24(18-25)28-35-26(19-32-16-7-5-4-6-8-17-32)21(2)27(36-28)23-14-12-22(20-33)13-15-23/h9-15,18,21,26-28,33H,3-8,16-17,19-20H2,1-2H3,(H2,30,31,34)/t21-,26+,27+,28+/m1/s1. The average molecular weight is 496 g/mol. The molecule has 0 radical (unpaired) electrons. The summed E-state index contributed by atoms with van der Waals surface area (Å²) in [5.41, 5.74) is 3.55. The van der Waals surface area contributed by atoms with Gasteiger partial charge in [0, 0.05) is 30.3 Å². The quantitative estimate of drug-likeness (QED) is 0.481. The largest absolute Gasteiger partial charge is 0.392 e. The molecule has 7 heteroatoms. The molecule has 0 aromatic heterocycles. The molecule has 2 aromatic carbocycles. The Bertz CT molecular complexity index is 959. The van der Waals surface area contributed by atoms with Crippen molar-refractivity contribution in [3.8, 4) is 0 Å². The third kappa shape index (κ3) is 7.07. The summed E-state index contributed by atoms with van der Waals surface area (Å²) < 4.78 is 13.2. The monoisotopic (exact) mass is 495 g/mol. The van der Waals surface area contributed by atoms with Gasteiger partial charge in [-0.05, 0) is 56.1 Å². The number of carbonyl (C=O) groups is 1. The predicted molar refractivity (Wildman–Crippen MR) is 142 cm³/mol. The summed E-state index contributed by atoms with van der Waals surface area (Å²) in [4.78, 5) is 14.6. The van der Waals surface area contributed by atoms with E-state index in [1.807, 2.05) is 43.3 Å². The van der Waals surface area contributed by atoms with Crippen LogP contribution in [0.4, 0.5) is 10.5 Å². The topological polar surface area (TPSA) is 83.1 Å². The molecule has 4 rings (SSSR count). The highest BCUT2D eigenvalue weighted by atomic mass is 16.7. The van der Waals surface area contributed by atoms with Gasteiger partial charge < -0.3 is 30.1 Å². The van der Waals surface area contributed by atoms with Gasteiger partial charge in [-0.25, -0.2) is 4.79 Å². The number of rotatable bonds is 7. The van der Waals surface area contributed by atoms with Gasteiger partial charge in [-0.1, -0.05) is 62.6 Å². The Hall–Kier alpha value is -2.45. The summed E-state index contributed by atoms with van der Waals surface area (Å²) in [6.07, 6.45) is 5.73. The van der Waals surface area contributed by atoms with Crippen LogP contribution in [0.1, 0.15) is 75.0 Å². The molecule has 2 amide bonds. The molecular formula is C29H41N3O4. The molecular weight excluding hydrogens is 454 g/mol. The van der Waals surface area contributed by atoms with Gasteiger partial charge in [-0.15, -0.1) is 0 Å². The number of anilines is 1. The van der Waals surface area contributed by atoms with E-state index in [1.54, 1.807) is 0 Å². The first-order valence-electron chi connectivity index (χ1n) is 13.4. The number of hydrogen-bond acceptors (Lipinski definition) is 5. The molecule has 7 nitrogen and oxygen atoms in total. The zero-order valence-corrected chi connectivity index (χ0v) is 21.6. The number of carbonyl (C=O) groups excluding carboxylic acids is 1. The number of urea groups is 1. The second-order valence-electron chi connectivity index (χ2n) is 10.0. The molecule has 3 N–H and O–H groups in total. The second-order valence-corrected chi connectivity index (χ2v) is 10.0. The lowest BCUT2D eigenvalue weighted by Crippen LogP contribution is -2.45. The molecule has 2 aliphatic heterocycles. The maximum absolute atomic E-state index is 12.1. The normalized spacial score (nSPS) is 25.5. The minimum Gasteiger partial charge on any atom is -0.392 e. The summed E-state index contributed by atoms with van der Waals surface area (Å²) >= 11 is 0. The summed E-state index contributed by atoms with van der Waals surface area (Å²) in [7, 11) is 0. The van der Waals surface area contributed by atoms with Crippen molar-refractivity contribution in [3.63, 3.8) is 0 Å². The van der Waals surface area contributed by atoms with Crippen molar-refractivity contribution in [3.05, 3.63) is 65.2 Å². The minimum absolute atomic E-state index is 0.00528. The van der Waals surface area contributed by atoms with E-state index in [2.05, 4.69) is 34.6 Å². The number of nitrogens with one attached hydrogen (secondary N) is 2. The van der Waals surface area contributed by atoms with Crippen LogP contribution in [0.25, 0.3) is 0 Å². The van der Waals surface area contributed by atoms with Crippen molar-refractivity contribution in [2.45, 2.75) is 71.1 Å². The van der Waals surface area contributed by atoms with Gasteiger partial charge in [0.05, 0.1) is 18.8 Å². The third-order valence-electron chi connectivity index (χ3n) is 7.26. The number of aliphatic hydroxyl groups is 1. The van der Waals surface area contributed by atoms with Gasteiger partial charge in [0.15, 0.2) is 6.29 Å². The molecule has 196 valence electrons. The van der Waals surface area contributed by atoms with Gasteiger partial charge in [0.2, 0.25) is 0 Å². The lowest BCUT2D eigenvalue weighted by atomic mass is 9.89. The SMILES string of the molecule is CCNC(=O)Nc1cccc([C@H]2O[C@@H](CN3CCCCCCC3)[C@@H](C)[C@@H](c3ccc(CO)cc3)O2)c1. The fourth-order valence-corrected chi connectivity index (χ4v) is 5.18. The first-order valence-corrected chi connectivity index (χ1v) is 13.4. The maximum atomic E-state index is 12.1. The van der Waals surface area contributed by atoms with E-state index >= 15 is 0 Å². The Labute approximate surface area is 215 Å². The Morgan fingerprint density at radius 1 is 1.00 bits per heavy atom. The van der Waals surface area contributed by atoms with Crippen molar-refractivity contribution < 1.29 is 19.4 Å². The average Bonchev–Trinajstić information content (AvgIpc) is 2.87. The highest BCUT2D eigenvalue weighted by Crippen LogP contribution is 2.42. The zero-order valence-electron chi connectivity index (χ0n) is 21.6. The van der Waals surface area contributed by atoms with E-state index < -0.39 is 6.29 Å². The molecule has 0 saturated carbocycles. The molecule has 0 unspecified atom stereocenters. The van der Waals surface area contributed by atoms with Crippen molar-refractivity contribution in [1.82, 2.24) is 10.2 Å². The first kappa shape index (κ1) is 26.6. The van der Waals surface area contributed by atoms with E-state index in [0.717, 1.165) is 36.3 Å². The van der Waals surface area contributed by atoms with Crippen LogP contribution in [0, 0.1) is 5.92 Å². The minimum atomic E-state index is -0.542. The Balaban J connectivity index is 1.57. The number of nitrogens with zero attached hydrogens (tertiary/aromatic N) is 1. The Kier molecular flexibility index (Phi) is 9.75. The molecule has 2 aliphatic rings. The molecule has 2 saturated heterocycles. The van der Waals surface area contributed by atoms with Gasteiger partial charge in [-0.2, -0.15) is 0 Å². The van der Waals surface area contributed by atoms with Gasteiger partial charge in [-0.3, -0.25) is 0 Å². The summed E-state index contributed by atoms with van der Waals surface area (Å²) in [5.74, 6) is 0.156. The van der Waals surface area contributed by atoms with E-state index in [4.69, 9.17) is 9.47 Å². The summed E-state index contributed by atoms with van der Waals surface area (Å²) in [6.45, 7) is 7.79. The lowest BCUT2D eigenvalue weighted by Gasteiger charge is -2.43. The number of aliphatic hydroxyl groups excluding tert-OH is 1. The lowest BCUT2D eigenvalue weighted by molar-refractivity contribution is -0.276. The molecule has 2 fully saturated rings. The summed E-state index contributed by atoms with van der Waals surface area (Å²) in [6, 6.07) is 15.5. The molecule has 4 atom stereocenters. The van der Waals surface area contributed by atoms with Crippen molar-refractivity contribution in [1.29, 1.82) is 0 Å². The van der Waals surface area contributed by atoms with E-state index in [-0.39, 0.29) is 30.8 Å². The third-order valence-corrected chi connectivity index (χ3v) is 7.26. The predicted octanol–water partition coefficient (Wildman–Crippen LogP) is 5.38. The second kappa shape index (κ2) is 13.2. The van der Waals surface area contributed by atoms with Crippen LogP contribution in [0.3, 0.4) is 0 Å². The van der Waals surface area contributed by atoms with Crippen molar-refractivity contribution in [2.75, 3.05) is 31.5 Å². The summed E-state index contributed by atoms with van der Waals surface area (Å²) in [5, 5.41) is 15.1. The first-order chi connectivity index (χ1) is 17.6. The van der Waals surface area contributed by atoms with Crippen LogP contribution >= 0.6 is 0 Å². The van der Waals surface area contributed by atoms with Crippen LogP contribution in [-0.2, 0) is 16.1 Å². The van der Waals surface area contributed by atoms with Gasteiger partial charge >= 0.3 is 6.03 Å². The maximum Gasteiger partial charge on any atom is 0.319 e.